The van der Waals surface area contributed by atoms with E-state index in [4.69, 9.17) is 0 Å². The molecule has 0 spiro atoms. The number of aryl methyl sites for hydroxylation is 3. The molecular weight excluding hydrogens is 196 g/mol. The highest BCUT2D eigenvalue weighted by Crippen LogP contribution is 2.31. The predicted octanol–water partition coefficient (Wildman–Crippen LogP) is 3.37. The molecule has 1 aromatic carbocycles. The molecule has 1 aromatic heterocycles. The van der Waals surface area contributed by atoms with Crippen LogP contribution in [0.3, 0.4) is 0 Å². The van der Waals surface area contributed by atoms with Gasteiger partial charge in [-0.25, -0.2) is 0 Å². The van der Waals surface area contributed by atoms with E-state index in [-0.39, 0.29) is 0 Å². The molecule has 1 heterocycles. The van der Waals surface area contributed by atoms with Gasteiger partial charge < -0.3 is 10.3 Å². The van der Waals surface area contributed by atoms with Crippen molar-refractivity contribution in [3.8, 4) is 0 Å². The molecule has 0 fully saturated rings. The molecule has 2 heteroatoms. The molecule has 2 aromatic rings. The summed E-state index contributed by atoms with van der Waals surface area (Å²) in [4.78, 5) is 3.51. The maximum absolute atomic E-state index is 3.51. The van der Waals surface area contributed by atoms with E-state index in [1.165, 1.54) is 33.3 Å². The van der Waals surface area contributed by atoms with Crippen LogP contribution in [0, 0.1) is 20.8 Å². The van der Waals surface area contributed by atoms with Gasteiger partial charge in [0.15, 0.2) is 0 Å². The van der Waals surface area contributed by atoms with Gasteiger partial charge in [-0.2, -0.15) is 0 Å². The summed E-state index contributed by atoms with van der Waals surface area (Å²) in [6.07, 6.45) is 0. The average molecular weight is 216 g/mol. The van der Waals surface area contributed by atoms with E-state index in [1.807, 2.05) is 7.05 Å². The Morgan fingerprint density at radius 3 is 2.38 bits per heavy atom. The molecule has 0 saturated carbocycles. The minimum atomic E-state index is 0.384. The third-order valence-corrected chi connectivity index (χ3v) is 3.47. The zero-order valence-electron chi connectivity index (χ0n) is 10.7. The van der Waals surface area contributed by atoms with Crippen molar-refractivity contribution in [3.05, 3.63) is 34.5 Å². The smallest absolute Gasteiger partial charge is 0.0491 e. The maximum atomic E-state index is 3.51. The van der Waals surface area contributed by atoms with Gasteiger partial charge in [-0.05, 0) is 51.4 Å². The first-order chi connectivity index (χ1) is 7.56. The van der Waals surface area contributed by atoms with Crippen LogP contribution >= 0.6 is 0 Å². The third-order valence-electron chi connectivity index (χ3n) is 3.47. The van der Waals surface area contributed by atoms with Crippen molar-refractivity contribution in [2.75, 3.05) is 7.05 Å². The molecule has 0 aliphatic carbocycles. The van der Waals surface area contributed by atoms with Crippen molar-refractivity contribution in [2.45, 2.75) is 33.7 Å². The van der Waals surface area contributed by atoms with Crippen LogP contribution < -0.4 is 5.32 Å². The van der Waals surface area contributed by atoms with E-state index in [2.05, 4.69) is 50.1 Å². The fraction of sp³-hybridized carbons (Fsp3) is 0.429. The summed E-state index contributed by atoms with van der Waals surface area (Å²) < 4.78 is 0. The normalized spacial score (nSPS) is 13.3. The van der Waals surface area contributed by atoms with E-state index in [0.717, 1.165) is 0 Å². The molecule has 2 nitrogen and oxygen atoms in total. The molecule has 2 rings (SSSR count). The lowest BCUT2D eigenvalue weighted by molar-refractivity contribution is 0.652. The van der Waals surface area contributed by atoms with Gasteiger partial charge in [0.2, 0.25) is 0 Å². The molecule has 0 aliphatic rings. The van der Waals surface area contributed by atoms with Gasteiger partial charge in [-0.1, -0.05) is 12.1 Å². The van der Waals surface area contributed by atoms with E-state index < -0.39 is 0 Å². The summed E-state index contributed by atoms with van der Waals surface area (Å²) in [5, 5.41) is 4.72. The van der Waals surface area contributed by atoms with Gasteiger partial charge in [0.25, 0.3) is 0 Å². The Morgan fingerprint density at radius 1 is 1.12 bits per heavy atom. The minimum Gasteiger partial charge on any atom is -0.358 e. The zero-order chi connectivity index (χ0) is 11.9. The van der Waals surface area contributed by atoms with Crippen LogP contribution in [0.4, 0.5) is 0 Å². The fourth-order valence-corrected chi connectivity index (χ4v) is 2.45. The van der Waals surface area contributed by atoms with Crippen molar-refractivity contribution < 1.29 is 0 Å². The van der Waals surface area contributed by atoms with Crippen LogP contribution in [-0.2, 0) is 0 Å². The standard InChI is InChI=1S/C14H20N2/c1-8-6-7-9(2)14-12(8)13(10(3)15-5)11(4)16-14/h6-7,10,15-16H,1-5H3. The first kappa shape index (κ1) is 11.2. The largest absolute Gasteiger partial charge is 0.358 e. The summed E-state index contributed by atoms with van der Waals surface area (Å²) in [5.41, 5.74) is 6.63. The lowest BCUT2D eigenvalue weighted by Crippen LogP contribution is -2.13. The topological polar surface area (TPSA) is 27.8 Å². The lowest BCUT2D eigenvalue weighted by atomic mass is 9.99. The Kier molecular flexibility index (Phi) is 2.76. The second-order valence-electron chi connectivity index (χ2n) is 4.62. The van der Waals surface area contributed by atoms with Gasteiger partial charge >= 0.3 is 0 Å². The molecule has 16 heavy (non-hydrogen) atoms. The van der Waals surface area contributed by atoms with Gasteiger partial charge in [-0.3, -0.25) is 0 Å². The second-order valence-corrected chi connectivity index (χ2v) is 4.62. The highest BCUT2D eigenvalue weighted by molar-refractivity contribution is 5.90. The number of hydrogen-bond acceptors (Lipinski definition) is 1. The van der Waals surface area contributed by atoms with Gasteiger partial charge in [0.05, 0.1) is 0 Å². The van der Waals surface area contributed by atoms with Gasteiger partial charge in [-0.15, -0.1) is 0 Å². The lowest BCUT2D eigenvalue weighted by Gasteiger charge is -2.12. The Morgan fingerprint density at radius 2 is 1.75 bits per heavy atom. The van der Waals surface area contributed by atoms with Crippen molar-refractivity contribution >= 4 is 10.9 Å². The summed E-state index contributed by atoms with van der Waals surface area (Å²) in [7, 11) is 2.01. The quantitative estimate of drug-likeness (QED) is 0.791. The number of rotatable bonds is 2. The van der Waals surface area contributed by atoms with Gasteiger partial charge in [0.1, 0.15) is 0 Å². The highest BCUT2D eigenvalue weighted by atomic mass is 14.9. The molecule has 0 amide bonds. The Hall–Kier alpha value is -1.28. The van der Waals surface area contributed by atoms with E-state index >= 15 is 0 Å². The number of H-pyrrole nitrogens is 1. The Balaban J connectivity index is 2.83. The third kappa shape index (κ3) is 1.54. The van der Waals surface area contributed by atoms with E-state index in [0.29, 0.717) is 6.04 Å². The second kappa shape index (κ2) is 3.95. The van der Waals surface area contributed by atoms with Crippen LogP contribution in [0.15, 0.2) is 12.1 Å². The number of benzene rings is 1. The summed E-state index contributed by atoms with van der Waals surface area (Å²) in [6.45, 7) is 8.70. The maximum Gasteiger partial charge on any atom is 0.0491 e. The molecule has 2 N–H and O–H groups in total. The Bertz CT molecular complexity index is 523. The highest BCUT2D eigenvalue weighted by Gasteiger charge is 2.16. The van der Waals surface area contributed by atoms with Crippen molar-refractivity contribution in [1.82, 2.24) is 10.3 Å². The molecule has 1 unspecified atom stereocenters. The first-order valence-corrected chi connectivity index (χ1v) is 5.82. The van der Waals surface area contributed by atoms with Crippen LogP contribution in [0.2, 0.25) is 0 Å². The number of aromatic amines is 1. The number of fused-ring (bicyclic) bond motifs is 1. The average Bonchev–Trinajstić information content (AvgIpc) is 2.61. The van der Waals surface area contributed by atoms with Crippen LogP contribution in [-0.4, -0.2) is 12.0 Å². The SMILES string of the molecule is CNC(C)c1c(C)[nH]c2c(C)ccc(C)c12. The van der Waals surface area contributed by atoms with E-state index in [1.54, 1.807) is 0 Å². The molecule has 0 aliphatic heterocycles. The van der Waals surface area contributed by atoms with E-state index in [9.17, 15) is 0 Å². The molecule has 0 radical (unpaired) electrons. The molecule has 0 bridgehead atoms. The number of aromatic nitrogens is 1. The zero-order valence-corrected chi connectivity index (χ0v) is 10.7. The van der Waals surface area contributed by atoms with Crippen molar-refractivity contribution in [2.24, 2.45) is 0 Å². The predicted molar refractivity (Wildman–Crippen MR) is 70.0 cm³/mol. The van der Waals surface area contributed by atoms with Crippen molar-refractivity contribution in [1.29, 1.82) is 0 Å². The Labute approximate surface area is 97.1 Å². The van der Waals surface area contributed by atoms with Crippen LogP contribution in [0.25, 0.3) is 10.9 Å². The molecule has 1 atom stereocenters. The molecule has 86 valence electrons. The fourth-order valence-electron chi connectivity index (χ4n) is 2.45. The number of hydrogen-bond donors (Lipinski definition) is 2. The van der Waals surface area contributed by atoms with Gasteiger partial charge in [0, 0.05) is 22.6 Å². The number of nitrogens with one attached hydrogen (secondary N) is 2. The minimum absolute atomic E-state index is 0.384. The first-order valence-electron chi connectivity index (χ1n) is 5.82. The molecular formula is C14H20N2. The molecule has 0 saturated heterocycles. The van der Waals surface area contributed by atoms with Crippen LogP contribution in [0.5, 0.6) is 0 Å². The van der Waals surface area contributed by atoms with Crippen molar-refractivity contribution in [3.63, 3.8) is 0 Å². The monoisotopic (exact) mass is 216 g/mol. The van der Waals surface area contributed by atoms with Crippen LogP contribution in [0.1, 0.15) is 35.3 Å². The summed E-state index contributed by atoms with van der Waals surface area (Å²) >= 11 is 0. The summed E-state index contributed by atoms with van der Waals surface area (Å²) in [6, 6.07) is 4.77. The summed E-state index contributed by atoms with van der Waals surface area (Å²) in [5.74, 6) is 0.